The third-order valence-corrected chi connectivity index (χ3v) is 14.9. The summed E-state index contributed by atoms with van der Waals surface area (Å²) in [5.74, 6) is -0.791. The lowest BCUT2D eigenvalue weighted by atomic mass is 9.96. The Morgan fingerprint density at radius 2 is 1.37 bits per heavy atom. The van der Waals surface area contributed by atoms with Crippen molar-refractivity contribution < 1.29 is 58.4 Å². The molecular weight excluding hydrogens is 1020 g/mol. The van der Waals surface area contributed by atoms with Gasteiger partial charge in [-0.25, -0.2) is 23.0 Å². The van der Waals surface area contributed by atoms with Gasteiger partial charge < -0.3 is 9.26 Å². The quantitative estimate of drug-likeness (QED) is 0.0697. The Kier molecular flexibility index (Phi) is 14.9. The zero-order valence-electron chi connectivity index (χ0n) is 40.9. The fraction of sp³-hybridized carbons (Fsp3) is 0.250. The number of alkyl halides is 6. The van der Waals surface area contributed by atoms with Crippen molar-refractivity contribution in [2.24, 2.45) is 0 Å². The van der Waals surface area contributed by atoms with Gasteiger partial charge in [0, 0.05) is 35.8 Å². The molecule has 0 N–H and O–H groups in total. The van der Waals surface area contributed by atoms with E-state index in [0.29, 0.717) is 52.4 Å². The number of aryl methyl sites for hydroxylation is 2. The van der Waals surface area contributed by atoms with E-state index in [0.717, 1.165) is 38.6 Å². The van der Waals surface area contributed by atoms with E-state index >= 15 is 4.39 Å². The summed E-state index contributed by atoms with van der Waals surface area (Å²) in [6, 6.07) is 34.3. The van der Waals surface area contributed by atoms with Crippen LogP contribution in [0.1, 0.15) is 83.5 Å². The molecule has 0 fully saturated rings. The van der Waals surface area contributed by atoms with E-state index in [1.54, 1.807) is 84.1 Å². The summed E-state index contributed by atoms with van der Waals surface area (Å²) in [6.45, 7) is 6.67. The number of phosphoric acid groups is 1. The van der Waals surface area contributed by atoms with E-state index in [-0.39, 0.29) is 60.8 Å². The van der Waals surface area contributed by atoms with Crippen molar-refractivity contribution in [3.63, 3.8) is 0 Å². The van der Waals surface area contributed by atoms with Gasteiger partial charge in [-0.05, 0) is 103 Å². The molecule has 19 heteroatoms. The standard InChI is InChI=1S/C56H49ClF7N4O6P/c1-5-38-18-13-19-39(6-2)49(38)68-50(44-31-66(54(3,4)52(44)65-68)30-40-21-22-41(55(59,60)61)29-45(40)56(62,63)64)42-23-24-47(58)51-43(42)26-27-67(51)53(69)71-32-37-20-25-48(46(57)28-37)74-75(70,72-33-35-14-9-7-10-15-35)73-34-36-16-11-8-12-17-36/h7-29H,5-6,30-34H2,1-4H3. The fourth-order valence-electron chi connectivity index (χ4n) is 9.34. The number of hydrogen-bond donors (Lipinski definition) is 0. The number of fused-ring (bicyclic) bond motifs is 2. The van der Waals surface area contributed by atoms with Gasteiger partial charge in [0.25, 0.3) is 0 Å². The minimum absolute atomic E-state index is 0.000544. The van der Waals surface area contributed by atoms with Gasteiger partial charge >= 0.3 is 26.3 Å². The number of hydrogen-bond acceptors (Lipinski definition) is 8. The molecule has 0 atom stereocenters. The molecule has 0 saturated carbocycles. The molecule has 390 valence electrons. The summed E-state index contributed by atoms with van der Waals surface area (Å²) in [7, 11) is -4.29. The maximum Gasteiger partial charge on any atom is 0.530 e. The molecule has 1 aliphatic rings. The number of phosphoric ester groups is 1. The van der Waals surface area contributed by atoms with Crippen molar-refractivity contribution in [3.8, 4) is 22.7 Å². The Hall–Kier alpha value is -6.75. The lowest BCUT2D eigenvalue weighted by Crippen LogP contribution is -2.36. The van der Waals surface area contributed by atoms with E-state index in [1.165, 1.54) is 30.5 Å². The van der Waals surface area contributed by atoms with Crippen molar-refractivity contribution >= 4 is 36.4 Å². The highest BCUT2D eigenvalue weighted by molar-refractivity contribution is 7.48. The average molecular weight is 1070 g/mol. The number of aromatic nitrogens is 3. The van der Waals surface area contributed by atoms with Gasteiger partial charge in [0.15, 0.2) is 0 Å². The Balaban J connectivity index is 1.02. The number of ether oxygens (including phenoxy) is 1. The summed E-state index contributed by atoms with van der Waals surface area (Å²) in [5.41, 5.74) is 2.17. The minimum atomic E-state index is -5.08. The van der Waals surface area contributed by atoms with Gasteiger partial charge in [-0.2, -0.15) is 31.4 Å². The predicted molar refractivity (Wildman–Crippen MR) is 270 cm³/mol. The molecule has 0 unspecified atom stereocenters. The van der Waals surface area contributed by atoms with Crippen molar-refractivity contribution in [1.29, 1.82) is 0 Å². The maximum absolute atomic E-state index is 16.3. The van der Waals surface area contributed by atoms with Crippen LogP contribution in [0.2, 0.25) is 5.02 Å². The van der Waals surface area contributed by atoms with E-state index in [1.807, 2.05) is 44.2 Å². The first-order valence-electron chi connectivity index (χ1n) is 23.9. The third kappa shape index (κ3) is 11.0. The zero-order valence-corrected chi connectivity index (χ0v) is 42.6. The smallest absolute Gasteiger partial charge is 0.444 e. The number of para-hydroxylation sites is 1. The highest BCUT2D eigenvalue weighted by atomic mass is 35.5. The second-order valence-electron chi connectivity index (χ2n) is 18.4. The first kappa shape index (κ1) is 53.1. The number of halogens is 8. The van der Waals surface area contributed by atoms with Gasteiger partial charge in [-0.15, -0.1) is 0 Å². The van der Waals surface area contributed by atoms with Crippen molar-refractivity contribution in [2.45, 2.75) is 91.3 Å². The van der Waals surface area contributed by atoms with Crippen LogP contribution in [0, 0.1) is 5.82 Å². The molecule has 0 radical (unpaired) electrons. The first-order chi connectivity index (χ1) is 35.7. The largest absolute Gasteiger partial charge is 0.530 e. The maximum atomic E-state index is 16.3. The van der Waals surface area contributed by atoms with E-state index in [9.17, 15) is 35.7 Å². The van der Waals surface area contributed by atoms with E-state index in [2.05, 4.69) is 0 Å². The van der Waals surface area contributed by atoms with Gasteiger partial charge in [0.05, 0.1) is 57.5 Å². The molecule has 0 bridgehead atoms. The summed E-state index contributed by atoms with van der Waals surface area (Å²) in [4.78, 5) is 15.7. The Morgan fingerprint density at radius 3 is 1.96 bits per heavy atom. The van der Waals surface area contributed by atoms with Crippen LogP contribution in [0.4, 0.5) is 35.5 Å². The van der Waals surface area contributed by atoms with Crippen molar-refractivity contribution in [1.82, 2.24) is 19.2 Å². The molecular formula is C56H49ClF7N4O6P. The Morgan fingerprint density at radius 1 is 0.733 bits per heavy atom. The van der Waals surface area contributed by atoms with Crippen LogP contribution < -0.4 is 4.52 Å². The number of nitrogens with zero attached hydrogens (tertiary/aromatic N) is 4. The Bertz CT molecular complexity index is 3380. The summed E-state index contributed by atoms with van der Waals surface area (Å²) in [5, 5.41) is 5.48. The van der Waals surface area contributed by atoms with Gasteiger partial charge in [-0.1, -0.05) is 116 Å². The summed E-state index contributed by atoms with van der Waals surface area (Å²) < 4.78 is 140. The molecule has 10 nitrogen and oxygen atoms in total. The van der Waals surface area contributed by atoms with Gasteiger partial charge in [0.2, 0.25) is 0 Å². The molecule has 0 aliphatic carbocycles. The molecule has 1 aliphatic heterocycles. The highest BCUT2D eigenvalue weighted by Gasteiger charge is 2.45. The molecule has 8 aromatic rings. The summed E-state index contributed by atoms with van der Waals surface area (Å²) in [6.07, 6.45) is -8.45. The fourth-order valence-corrected chi connectivity index (χ4v) is 10.8. The average Bonchev–Trinajstić information content (AvgIpc) is 4.11. The third-order valence-electron chi connectivity index (χ3n) is 13.3. The molecule has 3 heterocycles. The molecule has 75 heavy (non-hydrogen) atoms. The number of carbonyl (C=O) groups is 1. The zero-order chi connectivity index (χ0) is 53.5. The van der Waals surface area contributed by atoms with Crippen LogP contribution in [0.25, 0.3) is 27.8 Å². The molecule has 0 saturated heterocycles. The first-order valence-corrected chi connectivity index (χ1v) is 25.7. The number of carbonyl (C=O) groups excluding carboxylic acids is 1. The number of benzene rings is 6. The molecule has 0 amide bonds. The second kappa shape index (κ2) is 21.1. The van der Waals surface area contributed by atoms with Crippen LogP contribution >= 0.6 is 19.4 Å². The molecule has 2 aromatic heterocycles. The van der Waals surface area contributed by atoms with E-state index < -0.39 is 48.8 Å². The lowest BCUT2D eigenvalue weighted by Gasteiger charge is -2.33. The SMILES string of the molecule is CCc1cccc(CC)c1-n1nc2c(c1-c1ccc(F)c3c1ccn3C(=O)OCc1ccc(OP(=O)(OCc3ccccc3)OCc3ccccc3)c(Cl)c1)CN(Cc1ccc(C(F)(F)F)cc1C(F)(F)F)C2(C)C. The van der Waals surface area contributed by atoms with Crippen LogP contribution in [0.5, 0.6) is 5.75 Å². The molecule has 0 spiro atoms. The minimum Gasteiger partial charge on any atom is -0.444 e. The predicted octanol–water partition coefficient (Wildman–Crippen LogP) is 15.8. The van der Waals surface area contributed by atoms with Crippen LogP contribution in [-0.2, 0) is 82.0 Å². The second-order valence-corrected chi connectivity index (χ2v) is 20.4. The van der Waals surface area contributed by atoms with Crippen molar-refractivity contribution in [2.75, 3.05) is 0 Å². The van der Waals surface area contributed by atoms with Crippen LogP contribution in [0.15, 0.2) is 140 Å². The number of rotatable bonds is 16. The van der Waals surface area contributed by atoms with Crippen LogP contribution in [-0.4, -0.2) is 25.3 Å². The molecule has 6 aromatic carbocycles. The van der Waals surface area contributed by atoms with Gasteiger partial charge in [0.1, 0.15) is 18.2 Å². The topological polar surface area (TPSA) is 97.0 Å². The monoisotopic (exact) mass is 1070 g/mol. The van der Waals surface area contributed by atoms with Crippen LogP contribution in [0.3, 0.4) is 0 Å². The lowest BCUT2D eigenvalue weighted by molar-refractivity contribution is -0.143. The highest BCUT2D eigenvalue weighted by Crippen LogP contribution is 2.53. The summed E-state index contributed by atoms with van der Waals surface area (Å²) >= 11 is 6.65. The Labute approximate surface area is 432 Å². The van der Waals surface area contributed by atoms with Crippen molar-refractivity contribution in [3.05, 3.63) is 206 Å². The normalized spacial score (nSPS) is 13.9. The van der Waals surface area contributed by atoms with Gasteiger partial charge in [-0.3, -0.25) is 13.9 Å². The molecule has 9 rings (SSSR count). The van der Waals surface area contributed by atoms with E-state index in [4.69, 9.17) is 35.0 Å².